The number of para-hydroxylation sites is 2. The molecule has 1 aliphatic heterocycles. The van der Waals surface area contributed by atoms with Gasteiger partial charge in [0.25, 0.3) is 10.0 Å². The molecule has 3 aromatic carbocycles. The quantitative estimate of drug-likeness (QED) is 0.463. The number of sulfonamides is 1. The lowest BCUT2D eigenvalue weighted by atomic mass is 9.91. The fourth-order valence-corrected chi connectivity index (χ4v) is 6.41. The van der Waals surface area contributed by atoms with Gasteiger partial charge in [0, 0.05) is 22.7 Å². The monoisotopic (exact) mass is 480 g/mol. The highest BCUT2D eigenvalue weighted by molar-refractivity contribution is 7.92. The van der Waals surface area contributed by atoms with Gasteiger partial charge in [-0.1, -0.05) is 48.0 Å². The van der Waals surface area contributed by atoms with E-state index < -0.39 is 16.1 Å². The lowest BCUT2D eigenvalue weighted by molar-refractivity contribution is -0.120. The highest BCUT2D eigenvalue weighted by atomic mass is 35.5. The molecule has 0 radical (unpaired) electrons. The maximum atomic E-state index is 14.0. The van der Waals surface area contributed by atoms with E-state index in [1.165, 1.54) is 16.4 Å². The molecule has 7 heteroatoms. The molecule has 0 aromatic heterocycles. The van der Waals surface area contributed by atoms with Crippen molar-refractivity contribution in [2.45, 2.75) is 43.2 Å². The molecule has 0 bridgehead atoms. The second-order valence-electron chi connectivity index (χ2n) is 8.73. The third-order valence-corrected chi connectivity index (χ3v) is 8.49. The van der Waals surface area contributed by atoms with Crippen molar-refractivity contribution in [3.63, 3.8) is 0 Å². The predicted molar refractivity (Wildman–Crippen MR) is 131 cm³/mol. The number of hydrogen-bond acceptors (Lipinski definition) is 3. The molecule has 170 valence electrons. The molecule has 2 aliphatic rings. The number of carbonyl (C=O) groups excluding carboxylic acids is 1. The van der Waals surface area contributed by atoms with Gasteiger partial charge in [0.15, 0.2) is 0 Å². The van der Waals surface area contributed by atoms with Gasteiger partial charge in [-0.25, -0.2) is 8.42 Å². The molecule has 33 heavy (non-hydrogen) atoms. The summed E-state index contributed by atoms with van der Waals surface area (Å²) in [6.07, 6.45) is 2.35. The molecule has 2 atom stereocenters. The minimum Gasteiger partial charge on any atom is -0.309 e. The molecule has 3 aromatic rings. The molecule has 1 aliphatic carbocycles. The number of amides is 1. The second kappa shape index (κ2) is 8.50. The van der Waals surface area contributed by atoms with Crippen LogP contribution in [0.5, 0.6) is 0 Å². The van der Waals surface area contributed by atoms with Crippen LogP contribution in [0.15, 0.2) is 83.8 Å². The second-order valence-corrected chi connectivity index (χ2v) is 11.0. The Bertz CT molecular complexity index is 1270. The summed E-state index contributed by atoms with van der Waals surface area (Å²) in [6.45, 7) is 2.00. The molecule has 0 spiro atoms. The Morgan fingerprint density at radius 3 is 2.24 bits per heavy atom. The van der Waals surface area contributed by atoms with Gasteiger partial charge < -0.3 is 4.90 Å². The average Bonchev–Trinajstić information content (AvgIpc) is 3.65. The Labute approximate surface area is 199 Å². The maximum Gasteiger partial charge on any atom is 0.264 e. The summed E-state index contributed by atoms with van der Waals surface area (Å²) in [6, 6.07) is 22.5. The molecule has 0 unspecified atom stereocenters. The van der Waals surface area contributed by atoms with Crippen molar-refractivity contribution >= 4 is 38.9 Å². The van der Waals surface area contributed by atoms with Crippen LogP contribution in [0, 0.1) is 5.92 Å². The Morgan fingerprint density at radius 1 is 0.939 bits per heavy atom. The number of halogens is 1. The van der Waals surface area contributed by atoms with E-state index in [0.717, 1.165) is 24.1 Å². The topological polar surface area (TPSA) is 57.7 Å². The average molecular weight is 481 g/mol. The van der Waals surface area contributed by atoms with Gasteiger partial charge in [-0.3, -0.25) is 9.10 Å². The lowest BCUT2D eigenvalue weighted by Crippen LogP contribution is -2.48. The Hall–Kier alpha value is -2.83. The number of benzene rings is 3. The van der Waals surface area contributed by atoms with E-state index in [-0.39, 0.29) is 22.8 Å². The minimum absolute atomic E-state index is 0.0834. The summed E-state index contributed by atoms with van der Waals surface area (Å²) in [5.74, 6) is 0.223. The van der Waals surface area contributed by atoms with Crippen LogP contribution < -0.4 is 9.21 Å². The number of fused-ring (bicyclic) bond motifs is 1. The highest BCUT2D eigenvalue weighted by Gasteiger charge is 2.44. The van der Waals surface area contributed by atoms with E-state index >= 15 is 0 Å². The van der Waals surface area contributed by atoms with E-state index in [0.29, 0.717) is 17.1 Å². The van der Waals surface area contributed by atoms with Crippen LogP contribution in [0.4, 0.5) is 11.4 Å². The first-order valence-corrected chi connectivity index (χ1v) is 13.0. The van der Waals surface area contributed by atoms with Crippen molar-refractivity contribution in [1.82, 2.24) is 0 Å². The van der Waals surface area contributed by atoms with Crippen molar-refractivity contribution in [2.24, 2.45) is 5.92 Å². The molecule has 0 N–H and O–H groups in total. The zero-order valence-electron chi connectivity index (χ0n) is 18.3. The van der Waals surface area contributed by atoms with Crippen LogP contribution in [-0.4, -0.2) is 20.4 Å². The molecule has 5 rings (SSSR count). The Morgan fingerprint density at radius 2 is 1.58 bits per heavy atom. The number of nitrogens with zero attached hydrogens (tertiary/aromatic N) is 2. The van der Waals surface area contributed by atoms with Crippen molar-refractivity contribution in [1.29, 1.82) is 0 Å². The first-order chi connectivity index (χ1) is 15.9. The number of hydrogen-bond donors (Lipinski definition) is 0. The molecule has 0 saturated heterocycles. The smallest absolute Gasteiger partial charge is 0.264 e. The summed E-state index contributed by atoms with van der Waals surface area (Å²) in [5.41, 5.74) is 2.22. The van der Waals surface area contributed by atoms with Crippen LogP contribution in [0.1, 0.15) is 37.8 Å². The summed E-state index contributed by atoms with van der Waals surface area (Å²) >= 11 is 6.02. The number of anilines is 2. The van der Waals surface area contributed by atoms with Gasteiger partial charge in [-0.2, -0.15) is 0 Å². The summed E-state index contributed by atoms with van der Waals surface area (Å²) < 4.78 is 29.5. The van der Waals surface area contributed by atoms with Crippen molar-refractivity contribution in [2.75, 3.05) is 9.21 Å². The minimum atomic E-state index is -3.91. The third-order valence-electron chi connectivity index (χ3n) is 6.39. The first kappa shape index (κ1) is 22.0. The summed E-state index contributed by atoms with van der Waals surface area (Å²) in [5, 5.41) is 0.478. The Kier molecular flexibility index (Phi) is 5.67. The van der Waals surface area contributed by atoms with Crippen molar-refractivity contribution in [3.05, 3.63) is 89.4 Å². The third kappa shape index (κ3) is 4.02. The summed E-state index contributed by atoms with van der Waals surface area (Å²) in [7, 11) is -3.91. The standard InChI is InChI=1S/C26H25ClN2O3S/c1-18-17-25(23-9-5-6-10-24(23)28(18)26(30)19-11-12-19)29(21-7-3-2-4-8-21)33(31,32)22-15-13-20(27)14-16-22/h2-10,13-16,18-19,25H,11-12,17H2,1H3/t18-,25+/m1/s1. The van der Waals surface area contributed by atoms with Gasteiger partial charge in [0.1, 0.15) is 0 Å². The van der Waals surface area contributed by atoms with Crippen molar-refractivity contribution < 1.29 is 13.2 Å². The first-order valence-electron chi connectivity index (χ1n) is 11.1. The van der Waals surface area contributed by atoms with Gasteiger partial charge >= 0.3 is 0 Å². The number of carbonyl (C=O) groups is 1. The van der Waals surface area contributed by atoms with Crippen LogP contribution in [0.2, 0.25) is 5.02 Å². The molecule has 1 amide bonds. The highest BCUT2D eigenvalue weighted by Crippen LogP contribution is 2.46. The number of rotatable bonds is 5. The molecular formula is C26H25ClN2O3S. The lowest BCUT2D eigenvalue weighted by Gasteiger charge is -2.43. The van der Waals surface area contributed by atoms with Gasteiger partial charge in [-0.15, -0.1) is 0 Å². The van der Waals surface area contributed by atoms with E-state index in [4.69, 9.17) is 11.6 Å². The van der Waals surface area contributed by atoms with Gasteiger partial charge in [0.05, 0.1) is 16.6 Å². The predicted octanol–water partition coefficient (Wildman–Crippen LogP) is 5.81. The van der Waals surface area contributed by atoms with Crippen LogP contribution in [0.25, 0.3) is 0 Å². The van der Waals surface area contributed by atoms with E-state index in [1.807, 2.05) is 66.4 Å². The van der Waals surface area contributed by atoms with Crippen LogP contribution >= 0.6 is 11.6 Å². The molecule has 1 fully saturated rings. The maximum absolute atomic E-state index is 14.0. The van der Waals surface area contributed by atoms with Crippen LogP contribution in [-0.2, 0) is 14.8 Å². The van der Waals surface area contributed by atoms with Crippen molar-refractivity contribution in [3.8, 4) is 0 Å². The molecule has 1 saturated carbocycles. The van der Waals surface area contributed by atoms with E-state index in [9.17, 15) is 13.2 Å². The fourth-order valence-electron chi connectivity index (χ4n) is 4.65. The normalized spacial score (nSPS) is 20.2. The van der Waals surface area contributed by atoms with E-state index in [2.05, 4.69) is 0 Å². The zero-order valence-corrected chi connectivity index (χ0v) is 19.8. The Balaban J connectivity index is 1.66. The van der Waals surface area contributed by atoms with Crippen LogP contribution in [0.3, 0.4) is 0 Å². The summed E-state index contributed by atoms with van der Waals surface area (Å²) in [4.78, 5) is 15.2. The molecular weight excluding hydrogens is 456 g/mol. The SMILES string of the molecule is C[C@@H]1C[C@H](N(c2ccccc2)S(=O)(=O)c2ccc(Cl)cc2)c2ccccc2N1C(=O)C1CC1. The van der Waals surface area contributed by atoms with Gasteiger partial charge in [-0.05, 0) is 74.2 Å². The molecule has 1 heterocycles. The molecule has 5 nitrogen and oxygen atoms in total. The fraction of sp³-hybridized carbons (Fsp3) is 0.269. The largest absolute Gasteiger partial charge is 0.309 e. The van der Waals surface area contributed by atoms with E-state index in [1.54, 1.807) is 12.1 Å². The zero-order chi connectivity index (χ0) is 23.2. The van der Waals surface area contributed by atoms with Gasteiger partial charge in [0.2, 0.25) is 5.91 Å².